The van der Waals surface area contributed by atoms with Gasteiger partial charge in [0.05, 0.1) is 6.54 Å². The summed E-state index contributed by atoms with van der Waals surface area (Å²) in [6, 6.07) is 0. The number of thioether (sulfide) groups is 1. The number of hydrogen-bond donors (Lipinski definition) is 1. The van der Waals surface area contributed by atoms with Gasteiger partial charge >= 0.3 is 5.97 Å². The minimum atomic E-state index is -0.350. The van der Waals surface area contributed by atoms with Crippen LogP contribution in [0.1, 0.15) is 26.7 Å². The molecule has 0 bridgehead atoms. The molecule has 15 heavy (non-hydrogen) atoms. The van der Waals surface area contributed by atoms with Crippen LogP contribution < -0.4 is 5.73 Å². The van der Waals surface area contributed by atoms with Crippen LogP contribution in [0.5, 0.6) is 0 Å². The molecule has 0 aromatic heterocycles. The zero-order chi connectivity index (χ0) is 11.3. The molecule has 0 aromatic rings. The summed E-state index contributed by atoms with van der Waals surface area (Å²) in [6.07, 6.45) is 2.23. The lowest BCUT2D eigenvalue weighted by Gasteiger charge is -2.26. The Kier molecular flexibility index (Phi) is 4.98. The van der Waals surface area contributed by atoms with E-state index in [1.165, 1.54) is 11.8 Å². The van der Waals surface area contributed by atoms with Gasteiger partial charge in [0.1, 0.15) is 0 Å². The predicted molar refractivity (Wildman–Crippen MR) is 61.9 cm³/mol. The molecule has 0 saturated heterocycles. The fourth-order valence-electron chi connectivity index (χ4n) is 1.33. The van der Waals surface area contributed by atoms with E-state index in [0.717, 1.165) is 25.1 Å². The van der Waals surface area contributed by atoms with Gasteiger partial charge in [-0.1, -0.05) is 25.1 Å². The van der Waals surface area contributed by atoms with E-state index in [1.807, 2.05) is 12.3 Å². The second-order valence-electron chi connectivity index (χ2n) is 3.44. The molecule has 4 nitrogen and oxygen atoms in total. The Bertz CT molecular complexity index is 256. The number of ether oxygens (including phenoxy) is 1. The molecule has 2 N–H and O–H groups in total. The summed E-state index contributed by atoms with van der Waals surface area (Å²) in [6.45, 7) is 5.04. The Hall–Kier alpha value is -0.680. The number of nitrogens with zero attached hydrogens (tertiary/aromatic N) is 1. The van der Waals surface area contributed by atoms with E-state index >= 15 is 0 Å². The van der Waals surface area contributed by atoms with Crippen molar-refractivity contribution in [1.29, 1.82) is 0 Å². The first-order valence-electron chi connectivity index (χ1n) is 5.17. The van der Waals surface area contributed by atoms with Crippen LogP contribution in [0.2, 0.25) is 0 Å². The quantitative estimate of drug-likeness (QED) is 0.725. The number of allylic oxidation sites excluding steroid dienone is 1. The molecule has 0 aromatic carbocycles. The van der Waals surface area contributed by atoms with E-state index in [0.29, 0.717) is 0 Å². The lowest BCUT2D eigenvalue weighted by Crippen LogP contribution is -2.34. The fourth-order valence-corrected chi connectivity index (χ4v) is 2.36. The van der Waals surface area contributed by atoms with E-state index in [4.69, 9.17) is 10.5 Å². The maximum atomic E-state index is 11.1. The summed E-state index contributed by atoms with van der Waals surface area (Å²) < 4.78 is 5.21. The molecule has 5 heteroatoms. The van der Waals surface area contributed by atoms with E-state index in [2.05, 4.69) is 11.8 Å². The third kappa shape index (κ3) is 3.43. The number of hydrogen-bond acceptors (Lipinski definition) is 5. The summed E-state index contributed by atoms with van der Waals surface area (Å²) in [7, 11) is 0. The van der Waals surface area contributed by atoms with Gasteiger partial charge in [-0.15, -0.1) is 0 Å². The highest BCUT2D eigenvalue weighted by atomic mass is 32.2. The summed E-state index contributed by atoms with van der Waals surface area (Å²) in [5.41, 5.74) is 6.15. The van der Waals surface area contributed by atoms with Crippen molar-refractivity contribution in [2.75, 3.05) is 13.1 Å². The molecule has 1 aliphatic heterocycles. The van der Waals surface area contributed by atoms with Gasteiger partial charge in [0.2, 0.25) is 5.56 Å². The zero-order valence-electron chi connectivity index (χ0n) is 9.23. The smallest absolute Gasteiger partial charge is 0.322 e. The van der Waals surface area contributed by atoms with Crippen LogP contribution in [0.25, 0.3) is 0 Å². The van der Waals surface area contributed by atoms with Crippen LogP contribution in [0.3, 0.4) is 0 Å². The van der Waals surface area contributed by atoms with Gasteiger partial charge in [-0.05, 0) is 18.8 Å². The SMILES string of the molecule is CCCCN1C(C)=CSC1OC(=O)CN. The molecule has 0 saturated carbocycles. The molecule has 1 unspecified atom stereocenters. The number of rotatable bonds is 5. The summed E-state index contributed by atoms with van der Waals surface area (Å²) in [4.78, 5) is 13.2. The van der Waals surface area contributed by atoms with Crippen molar-refractivity contribution in [3.8, 4) is 0 Å². The van der Waals surface area contributed by atoms with Crippen LogP contribution in [-0.4, -0.2) is 29.5 Å². The molecule has 0 fully saturated rings. The second kappa shape index (κ2) is 6.02. The Morgan fingerprint density at radius 2 is 2.47 bits per heavy atom. The molecule has 1 rings (SSSR count). The average Bonchev–Trinajstić information content (AvgIpc) is 2.57. The van der Waals surface area contributed by atoms with Gasteiger partial charge in [-0.3, -0.25) is 4.79 Å². The number of unbranched alkanes of at least 4 members (excludes halogenated alkanes) is 1. The van der Waals surface area contributed by atoms with Gasteiger partial charge in [0.25, 0.3) is 0 Å². The Labute approximate surface area is 94.8 Å². The highest BCUT2D eigenvalue weighted by molar-refractivity contribution is 8.02. The Morgan fingerprint density at radius 1 is 1.73 bits per heavy atom. The van der Waals surface area contributed by atoms with Gasteiger partial charge in [-0.25, -0.2) is 0 Å². The number of carbonyl (C=O) groups is 1. The third-order valence-corrected chi connectivity index (χ3v) is 3.27. The summed E-state index contributed by atoms with van der Waals surface area (Å²) in [5, 5.41) is 2.02. The molecule has 1 atom stereocenters. The first-order valence-corrected chi connectivity index (χ1v) is 6.11. The lowest BCUT2D eigenvalue weighted by molar-refractivity contribution is -0.148. The van der Waals surface area contributed by atoms with Crippen LogP contribution >= 0.6 is 11.8 Å². The number of nitrogens with two attached hydrogens (primary N) is 1. The maximum Gasteiger partial charge on any atom is 0.322 e. The zero-order valence-corrected chi connectivity index (χ0v) is 10.0. The molecular formula is C10H18N2O2S. The molecule has 0 aliphatic carbocycles. The van der Waals surface area contributed by atoms with Crippen molar-refractivity contribution in [1.82, 2.24) is 4.90 Å². The standard InChI is InChI=1S/C10H18N2O2S/c1-3-4-5-12-8(2)7-15-10(12)14-9(13)6-11/h7,10H,3-6,11H2,1-2H3. The van der Waals surface area contributed by atoms with Crippen molar-refractivity contribution in [3.63, 3.8) is 0 Å². The Balaban J connectivity index is 2.47. The van der Waals surface area contributed by atoms with Crippen molar-refractivity contribution in [2.45, 2.75) is 32.2 Å². The van der Waals surface area contributed by atoms with Gasteiger partial charge < -0.3 is 15.4 Å². The third-order valence-electron chi connectivity index (χ3n) is 2.21. The summed E-state index contributed by atoms with van der Waals surface area (Å²) >= 11 is 1.52. The van der Waals surface area contributed by atoms with Crippen LogP contribution in [0.15, 0.2) is 11.1 Å². The van der Waals surface area contributed by atoms with Crippen molar-refractivity contribution < 1.29 is 9.53 Å². The monoisotopic (exact) mass is 230 g/mol. The normalized spacial score (nSPS) is 20.3. The molecule has 0 radical (unpaired) electrons. The Morgan fingerprint density at radius 3 is 3.07 bits per heavy atom. The van der Waals surface area contributed by atoms with E-state index < -0.39 is 0 Å². The first kappa shape index (κ1) is 12.4. The van der Waals surface area contributed by atoms with Gasteiger partial charge in [-0.2, -0.15) is 0 Å². The number of carbonyl (C=O) groups excluding carboxylic acids is 1. The average molecular weight is 230 g/mol. The maximum absolute atomic E-state index is 11.1. The molecule has 1 heterocycles. The molecular weight excluding hydrogens is 212 g/mol. The van der Waals surface area contributed by atoms with Crippen LogP contribution in [0, 0.1) is 0 Å². The number of esters is 1. The van der Waals surface area contributed by atoms with Gasteiger partial charge in [0, 0.05) is 12.2 Å². The van der Waals surface area contributed by atoms with Crippen LogP contribution in [-0.2, 0) is 9.53 Å². The lowest BCUT2D eigenvalue weighted by atomic mass is 10.3. The molecule has 0 amide bonds. The van der Waals surface area contributed by atoms with Crippen molar-refractivity contribution >= 4 is 17.7 Å². The molecule has 86 valence electrons. The van der Waals surface area contributed by atoms with Gasteiger partial charge in [0.15, 0.2) is 0 Å². The van der Waals surface area contributed by atoms with E-state index in [9.17, 15) is 4.79 Å². The van der Waals surface area contributed by atoms with Crippen molar-refractivity contribution in [3.05, 3.63) is 11.1 Å². The van der Waals surface area contributed by atoms with E-state index in [-0.39, 0.29) is 18.1 Å². The topological polar surface area (TPSA) is 55.6 Å². The minimum Gasteiger partial charge on any atom is -0.431 e. The van der Waals surface area contributed by atoms with E-state index in [1.54, 1.807) is 0 Å². The minimum absolute atomic E-state index is 0.0578. The summed E-state index contributed by atoms with van der Waals surface area (Å²) in [5.74, 6) is -0.350. The van der Waals surface area contributed by atoms with Crippen LogP contribution in [0.4, 0.5) is 0 Å². The van der Waals surface area contributed by atoms with Crippen molar-refractivity contribution in [2.24, 2.45) is 5.73 Å². The second-order valence-corrected chi connectivity index (χ2v) is 4.35. The highest BCUT2D eigenvalue weighted by Gasteiger charge is 2.26. The first-order chi connectivity index (χ1) is 7.19. The predicted octanol–water partition coefficient (Wildman–Crippen LogP) is 1.48. The highest BCUT2D eigenvalue weighted by Crippen LogP contribution is 2.31. The largest absolute Gasteiger partial charge is 0.431 e. The molecule has 0 spiro atoms. The molecule has 1 aliphatic rings. The fraction of sp³-hybridized carbons (Fsp3) is 0.700.